The molecule has 1 rings (SSSR count). The van der Waals surface area contributed by atoms with E-state index in [1.807, 2.05) is 0 Å². The summed E-state index contributed by atoms with van der Waals surface area (Å²) in [6, 6.07) is 0.982. The van der Waals surface area contributed by atoms with Crippen LogP contribution in [0.4, 0.5) is 0 Å². The van der Waals surface area contributed by atoms with E-state index in [0.717, 1.165) is 52.5 Å². The lowest BCUT2D eigenvalue weighted by Gasteiger charge is -2.33. The van der Waals surface area contributed by atoms with Gasteiger partial charge in [-0.05, 0) is 13.3 Å². The summed E-state index contributed by atoms with van der Waals surface area (Å²) in [6.45, 7) is 8.33. The predicted molar refractivity (Wildman–Crippen MR) is 72.0 cm³/mol. The third-order valence-corrected chi connectivity index (χ3v) is 3.41. The maximum atomic E-state index is 5.49. The maximum Gasteiger partial charge on any atom is 0.0620 e. The lowest BCUT2D eigenvalue weighted by molar-refractivity contribution is 0.0505. The van der Waals surface area contributed by atoms with Crippen LogP contribution in [0.15, 0.2) is 0 Å². The normalized spacial score (nSPS) is 22.3. The molecule has 1 saturated heterocycles. The topological polar surface area (TPSA) is 43.0 Å². The summed E-state index contributed by atoms with van der Waals surface area (Å²) in [5.41, 5.74) is 0. The predicted octanol–water partition coefficient (Wildman–Crippen LogP) is 0.348. The Morgan fingerprint density at radius 3 is 2.44 bits per heavy atom. The quantitative estimate of drug-likeness (QED) is 0.648. The molecule has 2 unspecified atom stereocenters. The van der Waals surface area contributed by atoms with Gasteiger partial charge in [-0.25, -0.2) is 0 Å². The number of nitrogens with one attached hydrogen (secondary N) is 1. The van der Waals surface area contributed by atoms with Crippen LogP contribution in [0, 0.1) is 0 Å². The molecular formula is C13H28N2O3. The fourth-order valence-electron chi connectivity index (χ4n) is 2.30. The molecule has 1 fully saturated rings. The number of ether oxygens (including phenoxy) is 3. The van der Waals surface area contributed by atoms with Gasteiger partial charge in [-0.1, -0.05) is 0 Å². The largest absolute Gasteiger partial charge is 0.383 e. The molecule has 0 aromatic rings. The molecule has 0 radical (unpaired) electrons. The summed E-state index contributed by atoms with van der Waals surface area (Å²) in [7, 11) is 3.49. The summed E-state index contributed by atoms with van der Waals surface area (Å²) in [4.78, 5) is 2.42. The molecule has 1 heterocycles. The van der Waals surface area contributed by atoms with Gasteiger partial charge >= 0.3 is 0 Å². The summed E-state index contributed by atoms with van der Waals surface area (Å²) in [5, 5.41) is 3.50. The van der Waals surface area contributed by atoms with Crippen LogP contribution in [0.1, 0.15) is 13.3 Å². The zero-order valence-electron chi connectivity index (χ0n) is 12.0. The van der Waals surface area contributed by atoms with Gasteiger partial charge in [-0.15, -0.1) is 0 Å². The van der Waals surface area contributed by atoms with E-state index in [2.05, 4.69) is 17.1 Å². The Bertz CT molecular complexity index is 191. The Hall–Kier alpha value is -0.200. The van der Waals surface area contributed by atoms with E-state index in [1.54, 1.807) is 14.2 Å². The van der Waals surface area contributed by atoms with E-state index < -0.39 is 0 Å². The summed E-state index contributed by atoms with van der Waals surface area (Å²) < 4.78 is 15.8. The van der Waals surface area contributed by atoms with Crippen molar-refractivity contribution in [3.63, 3.8) is 0 Å². The summed E-state index contributed by atoms with van der Waals surface area (Å²) in [6.07, 6.45) is 1.10. The Morgan fingerprint density at radius 2 is 1.94 bits per heavy atom. The standard InChI is InChI=1S/C13H28N2O3/c1-12(10-13-11-18-7-4-14-13)15(5-8-16-2)6-9-17-3/h12-14H,4-11H2,1-3H3. The van der Waals surface area contributed by atoms with Gasteiger partial charge in [-0.3, -0.25) is 4.90 Å². The van der Waals surface area contributed by atoms with Gasteiger partial charge in [0.25, 0.3) is 0 Å². The minimum atomic E-state index is 0.473. The van der Waals surface area contributed by atoms with Crippen molar-refractivity contribution < 1.29 is 14.2 Å². The minimum Gasteiger partial charge on any atom is -0.383 e. The molecule has 0 bridgehead atoms. The monoisotopic (exact) mass is 260 g/mol. The fourth-order valence-corrected chi connectivity index (χ4v) is 2.30. The average molecular weight is 260 g/mol. The molecule has 0 amide bonds. The van der Waals surface area contributed by atoms with E-state index >= 15 is 0 Å². The lowest BCUT2D eigenvalue weighted by Crippen LogP contribution is -2.47. The molecule has 0 saturated carbocycles. The molecule has 5 nitrogen and oxygen atoms in total. The van der Waals surface area contributed by atoms with Gasteiger partial charge < -0.3 is 19.5 Å². The van der Waals surface area contributed by atoms with E-state index in [1.165, 1.54) is 0 Å². The number of hydrogen-bond donors (Lipinski definition) is 1. The molecule has 0 spiro atoms. The van der Waals surface area contributed by atoms with Crippen LogP contribution in [0.2, 0.25) is 0 Å². The SMILES string of the molecule is COCCN(CCOC)C(C)CC1COCCN1. The van der Waals surface area contributed by atoms with Crippen molar-refractivity contribution in [3.8, 4) is 0 Å². The van der Waals surface area contributed by atoms with E-state index in [0.29, 0.717) is 12.1 Å². The molecule has 108 valence electrons. The Morgan fingerprint density at radius 1 is 1.28 bits per heavy atom. The molecular weight excluding hydrogens is 232 g/mol. The zero-order valence-corrected chi connectivity index (χ0v) is 12.0. The van der Waals surface area contributed by atoms with Crippen LogP contribution in [-0.4, -0.2) is 77.3 Å². The third-order valence-electron chi connectivity index (χ3n) is 3.41. The summed E-state index contributed by atoms with van der Waals surface area (Å²) >= 11 is 0. The number of rotatable bonds is 9. The van der Waals surface area contributed by atoms with Gasteiger partial charge in [0, 0.05) is 45.9 Å². The van der Waals surface area contributed by atoms with Crippen molar-refractivity contribution in [1.29, 1.82) is 0 Å². The van der Waals surface area contributed by atoms with Crippen LogP contribution >= 0.6 is 0 Å². The van der Waals surface area contributed by atoms with Crippen molar-refractivity contribution in [2.45, 2.75) is 25.4 Å². The van der Waals surface area contributed by atoms with Crippen LogP contribution < -0.4 is 5.32 Å². The van der Waals surface area contributed by atoms with Gasteiger partial charge in [0.2, 0.25) is 0 Å². The van der Waals surface area contributed by atoms with E-state index in [4.69, 9.17) is 14.2 Å². The average Bonchev–Trinajstić information content (AvgIpc) is 2.40. The highest BCUT2D eigenvalue weighted by Crippen LogP contribution is 2.09. The first kappa shape index (κ1) is 15.9. The van der Waals surface area contributed by atoms with E-state index in [-0.39, 0.29) is 0 Å². The molecule has 2 atom stereocenters. The van der Waals surface area contributed by atoms with Crippen molar-refractivity contribution in [1.82, 2.24) is 10.2 Å². The molecule has 1 N–H and O–H groups in total. The van der Waals surface area contributed by atoms with Crippen molar-refractivity contribution in [2.24, 2.45) is 0 Å². The third kappa shape index (κ3) is 6.11. The second-order valence-corrected chi connectivity index (χ2v) is 4.83. The molecule has 1 aliphatic rings. The Labute approximate surface area is 111 Å². The number of methoxy groups -OCH3 is 2. The Kier molecular flexibility index (Phi) is 8.54. The highest BCUT2D eigenvalue weighted by atomic mass is 16.5. The second kappa shape index (κ2) is 9.69. The van der Waals surface area contributed by atoms with Crippen LogP contribution in [0.25, 0.3) is 0 Å². The maximum absolute atomic E-state index is 5.49. The molecule has 0 aliphatic carbocycles. The zero-order chi connectivity index (χ0) is 13.2. The highest BCUT2D eigenvalue weighted by Gasteiger charge is 2.20. The first-order valence-electron chi connectivity index (χ1n) is 6.81. The first-order chi connectivity index (χ1) is 8.77. The van der Waals surface area contributed by atoms with Gasteiger partial charge in [0.15, 0.2) is 0 Å². The molecule has 5 heteroatoms. The van der Waals surface area contributed by atoms with Crippen molar-refractivity contribution >= 4 is 0 Å². The Balaban J connectivity index is 2.33. The highest BCUT2D eigenvalue weighted by molar-refractivity contribution is 4.77. The molecule has 0 aromatic heterocycles. The molecule has 0 aromatic carbocycles. The van der Waals surface area contributed by atoms with Crippen LogP contribution in [0.5, 0.6) is 0 Å². The summed E-state index contributed by atoms with van der Waals surface area (Å²) in [5.74, 6) is 0. The van der Waals surface area contributed by atoms with Crippen LogP contribution in [-0.2, 0) is 14.2 Å². The number of hydrogen-bond acceptors (Lipinski definition) is 5. The lowest BCUT2D eigenvalue weighted by atomic mass is 10.1. The minimum absolute atomic E-state index is 0.473. The first-order valence-corrected chi connectivity index (χ1v) is 6.81. The van der Waals surface area contributed by atoms with Gasteiger partial charge in [0.1, 0.15) is 0 Å². The molecule has 1 aliphatic heterocycles. The van der Waals surface area contributed by atoms with Crippen LogP contribution in [0.3, 0.4) is 0 Å². The number of nitrogens with zero attached hydrogens (tertiary/aromatic N) is 1. The van der Waals surface area contributed by atoms with E-state index in [9.17, 15) is 0 Å². The smallest absolute Gasteiger partial charge is 0.0620 e. The van der Waals surface area contributed by atoms with Gasteiger partial charge in [0.05, 0.1) is 26.4 Å². The van der Waals surface area contributed by atoms with Gasteiger partial charge in [-0.2, -0.15) is 0 Å². The van der Waals surface area contributed by atoms with Crippen molar-refractivity contribution in [3.05, 3.63) is 0 Å². The molecule has 18 heavy (non-hydrogen) atoms. The number of morpholine rings is 1. The second-order valence-electron chi connectivity index (χ2n) is 4.83. The fraction of sp³-hybridized carbons (Fsp3) is 1.00. The van der Waals surface area contributed by atoms with Crippen molar-refractivity contribution in [2.75, 3.05) is 60.3 Å².